The lowest BCUT2D eigenvalue weighted by atomic mass is 10.5. The van der Waals surface area contributed by atoms with Crippen LogP contribution in [0.25, 0.3) is 0 Å². The van der Waals surface area contributed by atoms with E-state index in [1.54, 1.807) is 0 Å². The van der Waals surface area contributed by atoms with E-state index in [1.807, 2.05) is 0 Å². The predicted molar refractivity (Wildman–Crippen MR) is 60.7 cm³/mol. The molecule has 11 heavy (non-hydrogen) atoms. The molecular formula is C7H18Cl2Si2. The summed E-state index contributed by atoms with van der Waals surface area (Å²) in [4.78, 5) is 0. The minimum absolute atomic E-state index is 0.184. The molecule has 0 aromatic rings. The second-order valence-corrected chi connectivity index (χ2v) is 19.1. The van der Waals surface area contributed by atoms with Crippen LogP contribution in [0, 0.1) is 0 Å². The van der Waals surface area contributed by atoms with E-state index in [2.05, 4.69) is 40.0 Å². The molecule has 0 aromatic carbocycles. The van der Waals surface area contributed by atoms with Gasteiger partial charge in [0.2, 0.25) is 0 Å². The van der Waals surface area contributed by atoms with Crippen molar-refractivity contribution in [1.29, 1.82) is 0 Å². The highest BCUT2D eigenvalue weighted by Gasteiger charge is 2.49. The van der Waals surface area contributed by atoms with Crippen molar-refractivity contribution in [3.63, 3.8) is 0 Å². The molecule has 0 aliphatic rings. The molecule has 4 heteroatoms. The molecule has 0 rings (SSSR count). The van der Waals surface area contributed by atoms with Gasteiger partial charge in [0.1, 0.15) is 0 Å². The molecule has 0 bridgehead atoms. The lowest BCUT2D eigenvalue weighted by Crippen LogP contribution is -2.48. The van der Waals surface area contributed by atoms with Crippen LogP contribution in [0.2, 0.25) is 30.8 Å². The highest BCUT2D eigenvalue weighted by atomic mass is 35.6. The minimum atomic E-state index is -1.62. The van der Waals surface area contributed by atoms with Crippen LogP contribution in [0.5, 0.6) is 0 Å². The van der Waals surface area contributed by atoms with Crippen molar-refractivity contribution in [3.05, 3.63) is 0 Å². The monoisotopic (exact) mass is 228 g/mol. The van der Waals surface area contributed by atoms with Crippen LogP contribution in [0.4, 0.5) is 0 Å². The molecule has 0 saturated carbocycles. The van der Waals surface area contributed by atoms with Gasteiger partial charge in [0, 0.05) is 0 Å². The zero-order chi connectivity index (χ0) is 9.50. The summed E-state index contributed by atoms with van der Waals surface area (Å²) in [6.45, 7) is 13.1. The van der Waals surface area contributed by atoms with E-state index in [-0.39, 0.29) is 4.66 Å². The standard InChI is InChI=1S/C7H18Cl2Si2/c1-7(2,10(3,4)8)11(5,6)9/h1-6H3. The largest absolute Gasteiger partial charge is 0.167 e. The molecule has 0 aromatic heterocycles. The van der Waals surface area contributed by atoms with Gasteiger partial charge in [-0.3, -0.25) is 0 Å². The van der Waals surface area contributed by atoms with E-state index in [4.69, 9.17) is 22.2 Å². The van der Waals surface area contributed by atoms with Crippen LogP contribution in [0.3, 0.4) is 0 Å². The third-order valence-electron chi connectivity index (χ3n) is 2.97. The summed E-state index contributed by atoms with van der Waals surface area (Å²) >= 11 is 12.8. The summed E-state index contributed by atoms with van der Waals surface area (Å²) < 4.78 is 0.184. The molecule has 0 saturated heterocycles. The van der Waals surface area contributed by atoms with Crippen molar-refractivity contribution >= 4 is 36.9 Å². The van der Waals surface area contributed by atoms with Gasteiger partial charge in [-0.15, -0.1) is 0 Å². The average molecular weight is 229 g/mol. The van der Waals surface area contributed by atoms with E-state index < -0.39 is 14.8 Å². The molecule has 0 fully saturated rings. The van der Waals surface area contributed by atoms with Crippen molar-refractivity contribution in [1.82, 2.24) is 0 Å². The summed E-state index contributed by atoms with van der Waals surface area (Å²) in [5.74, 6) is 0. The zero-order valence-corrected chi connectivity index (χ0v) is 11.8. The van der Waals surface area contributed by atoms with Gasteiger partial charge in [-0.05, 0) is 4.66 Å². The Kier molecular flexibility index (Phi) is 3.34. The summed E-state index contributed by atoms with van der Waals surface area (Å²) in [6.07, 6.45) is 0. The first kappa shape index (κ1) is 12.0. The molecule has 0 atom stereocenters. The maximum atomic E-state index is 6.40. The average Bonchev–Trinajstić information content (AvgIpc) is 1.58. The first-order valence-corrected chi connectivity index (χ1v) is 11.9. The number of hydrogen-bond acceptors (Lipinski definition) is 0. The van der Waals surface area contributed by atoms with Crippen LogP contribution in [0.15, 0.2) is 0 Å². The van der Waals surface area contributed by atoms with Gasteiger partial charge in [0.15, 0.2) is 14.8 Å². The molecule has 0 amide bonds. The van der Waals surface area contributed by atoms with Crippen LogP contribution >= 0.6 is 22.2 Å². The van der Waals surface area contributed by atoms with Crippen LogP contribution in [-0.2, 0) is 0 Å². The Hall–Kier alpha value is 1.01. The van der Waals surface area contributed by atoms with Crippen LogP contribution in [0.1, 0.15) is 13.8 Å². The topological polar surface area (TPSA) is 0 Å². The summed E-state index contributed by atoms with van der Waals surface area (Å²) in [6, 6.07) is 0. The fourth-order valence-electron chi connectivity index (χ4n) is 0.707. The Labute approximate surface area is 81.7 Å². The SMILES string of the molecule is CC(C)([Si](C)(C)Cl)[Si](C)(C)Cl. The first-order valence-electron chi connectivity index (χ1n) is 3.88. The molecule has 0 aliphatic heterocycles. The molecule has 0 heterocycles. The van der Waals surface area contributed by atoms with Gasteiger partial charge in [-0.2, -0.15) is 22.2 Å². The fraction of sp³-hybridized carbons (Fsp3) is 1.00. The first-order chi connectivity index (χ1) is 4.50. The van der Waals surface area contributed by atoms with Crippen molar-refractivity contribution < 1.29 is 0 Å². The van der Waals surface area contributed by atoms with Crippen molar-refractivity contribution in [2.75, 3.05) is 0 Å². The molecule has 0 N–H and O–H groups in total. The van der Waals surface area contributed by atoms with Crippen molar-refractivity contribution in [2.45, 2.75) is 44.7 Å². The Morgan fingerprint density at radius 2 is 1.00 bits per heavy atom. The van der Waals surface area contributed by atoms with Gasteiger partial charge >= 0.3 is 0 Å². The highest BCUT2D eigenvalue weighted by molar-refractivity contribution is 7.34. The van der Waals surface area contributed by atoms with E-state index in [0.717, 1.165) is 0 Å². The number of hydrogen-bond donors (Lipinski definition) is 0. The molecule has 0 aliphatic carbocycles. The zero-order valence-electron chi connectivity index (χ0n) is 8.26. The third kappa shape index (κ3) is 2.48. The summed E-state index contributed by atoms with van der Waals surface area (Å²) in [5, 5.41) is 0. The molecule has 0 spiro atoms. The second kappa shape index (κ2) is 3.05. The minimum Gasteiger partial charge on any atom is -0.167 e. The highest BCUT2D eigenvalue weighted by Crippen LogP contribution is 2.49. The lowest BCUT2D eigenvalue weighted by molar-refractivity contribution is 0.891. The quantitative estimate of drug-likeness (QED) is 0.492. The van der Waals surface area contributed by atoms with Crippen LogP contribution < -0.4 is 0 Å². The van der Waals surface area contributed by atoms with E-state index in [1.165, 1.54) is 0 Å². The summed E-state index contributed by atoms with van der Waals surface area (Å²) in [7, 11) is -3.24. The van der Waals surface area contributed by atoms with Crippen molar-refractivity contribution in [2.24, 2.45) is 0 Å². The summed E-state index contributed by atoms with van der Waals surface area (Å²) in [5.41, 5.74) is 0. The number of rotatable bonds is 2. The van der Waals surface area contributed by atoms with E-state index >= 15 is 0 Å². The van der Waals surface area contributed by atoms with Gasteiger partial charge in [-0.1, -0.05) is 40.0 Å². The second-order valence-electron chi connectivity index (χ2n) is 4.57. The molecule has 0 nitrogen and oxygen atoms in total. The van der Waals surface area contributed by atoms with Crippen molar-refractivity contribution in [3.8, 4) is 0 Å². The Morgan fingerprint density at radius 3 is 1.00 bits per heavy atom. The van der Waals surface area contributed by atoms with E-state index in [9.17, 15) is 0 Å². The maximum Gasteiger partial charge on any atom is 0.154 e. The molecule has 68 valence electrons. The lowest BCUT2D eigenvalue weighted by Gasteiger charge is -2.42. The maximum absolute atomic E-state index is 6.40. The molecule has 0 unspecified atom stereocenters. The van der Waals surface area contributed by atoms with Gasteiger partial charge in [-0.25, -0.2) is 0 Å². The predicted octanol–water partition coefficient (Wildman–Crippen LogP) is 4.19. The van der Waals surface area contributed by atoms with Gasteiger partial charge in [0.05, 0.1) is 0 Å². The Bertz CT molecular complexity index is 126. The Balaban J connectivity index is 4.75. The van der Waals surface area contributed by atoms with Gasteiger partial charge < -0.3 is 0 Å². The van der Waals surface area contributed by atoms with Gasteiger partial charge in [0.25, 0.3) is 0 Å². The fourth-order valence-corrected chi connectivity index (χ4v) is 11.0. The smallest absolute Gasteiger partial charge is 0.154 e. The van der Waals surface area contributed by atoms with Crippen LogP contribution in [-0.4, -0.2) is 14.8 Å². The normalized spacial score (nSPS) is 15.3. The molecule has 0 radical (unpaired) electrons. The Morgan fingerprint density at radius 1 is 0.818 bits per heavy atom. The number of halogens is 2. The third-order valence-corrected chi connectivity index (χ3v) is 16.5. The van der Waals surface area contributed by atoms with E-state index in [0.29, 0.717) is 0 Å². The molecular weight excluding hydrogens is 211 g/mol.